The number of hydrogen-bond acceptors (Lipinski definition) is 8. The van der Waals surface area contributed by atoms with Crippen molar-refractivity contribution in [2.75, 3.05) is 44.2 Å². The smallest absolute Gasteiger partial charge is 0.410 e. The van der Waals surface area contributed by atoms with Crippen LogP contribution in [0.3, 0.4) is 0 Å². The largest absolute Gasteiger partial charge is 0.490 e. The Kier molecular flexibility index (Phi) is 9.31. The van der Waals surface area contributed by atoms with E-state index in [1.807, 2.05) is 31.7 Å². The molecule has 1 saturated carbocycles. The molecule has 0 bridgehead atoms. The van der Waals surface area contributed by atoms with Crippen molar-refractivity contribution in [2.24, 2.45) is 5.41 Å². The lowest BCUT2D eigenvalue weighted by molar-refractivity contribution is 0.0147. The third-order valence-corrected chi connectivity index (χ3v) is 10.0. The molecule has 1 aliphatic carbocycles. The number of amides is 2. The summed E-state index contributed by atoms with van der Waals surface area (Å²) in [5.41, 5.74) is 0.551. The molecule has 46 heavy (non-hydrogen) atoms. The Hall–Kier alpha value is -3.62. The molecule has 2 aromatic rings. The van der Waals surface area contributed by atoms with Gasteiger partial charge in [-0.1, -0.05) is 17.7 Å². The van der Waals surface area contributed by atoms with Crippen LogP contribution in [0.5, 0.6) is 5.75 Å². The highest BCUT2D eigenvalue weighted by molar-refractivity contribution is 6.33. The Bertz CT molecular complexity index is 1450. The van der Waals surface area contributed by atoms with E-state index in [0.717, 1.165) is 83.6 Å². The zero-order valence-corrected chi connectivity index (χ0v) is 27.8. The fourth-order valence-corrected chi connectivity index (χ4v) is 7.46. The minimum atomic E-state index is -0.467. The summed E-state index contributed by atoms with van der Waals surface area (Å²) in [6.45, 7) is 18.4. The normalized spacial score (nSPS) is 23.5. The Balaban J connectivity index is 0.912. The van der Waals surface area contributed by atoms with Crippen molar-refractivity contribution in [1.29, 1.82) is 0 Å². The molecule has 1 spiro atoms. The van der Waals surface area contributed by atoms with Gasteiger partial charge in [-0.05, 0) is 96.5 Å². The van der Waals surface area contributed by atoms with E-state index >= 15 is 0 Å². The van der Waals surface area contributed by atoms with Crippen LogP contribution in [0.25, 0.3) is 4.85 Å². The number of halogens is 1. The van der Waals surface area contributed by atoms with Crippen LogP contribution in [0.2, 0.25) is 5.02 Å². The molecule has 1 aromatic heterocycles. The molecule has 4 fully saturated rings. The van der Waals surface area contributed by atoms with Gasteiger partial charge in [0.25, 0.3) is 5.91 Å². The zero-order valence-electron chi connectivity index (χ0n) is 27.0. The molecule has 2 amide bonds. The molecule has 4 aliphatic rings. The second kappa shape index (κ2) is 13.2. The summed E-state index contributed by atoms with van der Waals surface area (Å²) in [5.74, 6) is 1.28. The molecule has 0 radical (unpaired) electrons. The van der Waals surface area contributed by atoms with Gasteiger partial charge >= 0.3 is 6.09 Å². The maximum absolute atomic E-state index is 12.9. The first kappa shape index (κ1) is 32.3. The monoisotopic (exact) mass is 649 g/mol. The van der Waals surface area contributed by atoms with Crippen LogP contribution < -0.4 is 15.0 Å². The number of piperidine rings is 1. The topological polar surface area (TPSA) is 104 Å². The van der Waals surface area contributed by atoms with E-state index < -0.39 is 5.60 Å². The maximum atomic E-state index is 12.9. The second-order valence-electron chi connectivity index (χ2n) is 14.3. The number of anilines is 1. The van der Waals surface area contributed by atoms with E-state index in [4.69, 9.17) is 27.6 Å². The molecule has 0 unspecified atom stereocenters. The molecule has 1 aromatic carbocycles. The molecular weight excluding hydrogens is 606 g/mol. The minimum Gasteiger partial charge on any atom is -0.490 e. The first-order valence-corrected chi connectivity index (χ1v) is 16.8. The van der Waals surface area contributed by atoms with Gasteiger partial charge in [0.2, 0.25) is 5.69 Å². The Morgan fingerprint density at radius 3 is 2.37 bits per heavy atom. The quantitative estimate of drug-likeness (QED) is 0.397. The third kappa shape index (κ3) is 7.50. The van der Waals surface area contributed by atoms with Crippen molar-refractivity contribution in [2.45, 2.75) is 89.5 Å². The number of carbonyl (C=O) groups is 2. The molecular formula is C34H44ClN7O4. The molecule has 3 saturated heterocycles. The van der Waals surface area contributed by atoms with Gasteiger partial charge in [-0.15, -0.1) is 10.2 Å². The van der Waals surface area contributed by atoms with Crippen molar-refractivity contribution in [1.82, 2.24) is 25.3 Å². The summed E-state index contributed by atoms with van der Waals surface area (Å²) >= 11 is 6.14. The summed E-state index contributed by atoms with van der Waals surface area (Å²) in [6, 6.07) is 9.39. The lowest BCUT2D eigenvalue weighted by Gasteiger charge is -2.49. The van der Waals surface area contributed by atoms with E-state index in [1.54, 1.807) is 24.3 Å². The highest BCUT2D eigenvalue weighted by Crippen LogP contribution is 2.42. The maximum Gasteiger partial charge on any atom is 0.410 e. The molecule has 3 aliphatic heterocycles. The molecule has 246 valence electrons. The Morgan fingerprint density at radius 2 is 1.74 bits per heavy atom. The lowest BCUT2D eigenvalue weighted by Crippen LogP contribution is -2.58. The highest BCUT2D eigenvalue weighted by atomic mass is 35.5. The second-order valence-corrected chi connectivity index (χ2v) is 14.7. The first-order chi connectivity index (χ1) is 22.0. The van der Waals surface area contributed by atoms with Gasteiger partial charge in [0.15, 0.2) is 11.5 Å². The van der Waals surface area contributed by atoms with Crippen LogP contribution in [-0.2, 0) is 4.74 Å². The van der Waals surface area contributed by atoms with Gasteiger partial charge in [0.1, 0.15) is 11.4 Å². The van der Waals surface area contributed by atoms with Crippen LogP contribution in [0, 0.1) is 12.0 Å². The molecule has 11 nitrogen and oxygen atoms in total. The predicted octanol–water partition coefficient (Wildman–Crippen LogP) is 5.71. The molecule has 0 atom stereocenters. The average molecular weight is 650 g/mol. The van der Waals surface area contributed by atoms with Crippen LogP contribution in [0.15, 0.2) is 30.3 Å². The SMILES string of the molecule is [C-]#[N+]c1ccc(OC2CCC(NC(=O)c3ccc(N4CC5(CCN(C6CCN(C(=O)OC(C)(C)C)CC6)C5)C4)nn3)CC2)cc1Cl. The van der Waals surface area contributed by atoms with Gasteiger partial charge in [-0.3, -0.25) is 9.69 Å². The summed E-state index contributed by atoms with van der Waals surface area (Å²) in [6.07, 6.45) is 6.23. The number of hydrogen-bond donors (Lipinski definition) is 1. The van der Waals surface area contributed by atoms with Gasteiger partial charge in [0.05, 0.1) is 17.7 Å². The van der Waals surface area contributed by atoms with Crippen LogP contribution in [0.1, 0.15) is 76.2 Å². The molecule has 6 rings (SSSR count). The standard InChI is InChI=1S/C34H44ClN7O4/c1-33(2,3)46-32(44)40-16-13-24(14-17-40)41-18-15-34(20-41)21-42(22-34)30-12-11-29(38-39-30)31(43)37-23-5-7-25(8-6-23)45-26-9-10-28(36-4)27(35)19-26/h9-12,19,23-25H,5-8,13-18,20-22H2,1-3H3,(H,37,43). The van der Waals surface area contributed by atoms with Crippen molar-refractivity contribution < 1.29 is 19.1 Å². The number of carbonyl (C=O) groups excluding carboxylic acids is 2. The number of nitrogens with one attached hydrogen (secondary N) is 1. The third-order valence-electron chi connectivity index (χ3n) is 9.71. The molecule has 12 heteroatoms. The van der Waals surface area contributed by atoms with Crippen molar-refractivity contribution in [3.63, 3.8) is 0 Å². The number of benzene rings is 1. The minimum absolute atomic E-state index is 0.0473. The molecule has 4 heterocycles. The number of ether oxygens (including phenoxy) is 2. The van der Waals surface area contributed by atoms with Crippen molar-refractivity contribution in [3.8, 4) is 5.75 Å². The lowest BCUT2D eigenvalue weighted by atomic mass is 9.79. The van der Waals surface area contributed by atoms with E-state index in [0.29, 0.717) is 28.2 Å². The number of nitrogens with zero attached hydrogens (tertiary/aromatic N) is 6. The van der Waals surface area contributed by atoms with E-state index in [1.165, 1.54) is 6.42 Å². The van der Waals surface area contributed by atoms with Crippen LogP contribution in [-0.4, -0.2) is 95.1 Å². The number of aromatic nitrogens is 2. The predicted molar refractivity (Wildman–Crippen MR) is 176 cm³/mol. The van der Waals surface area contributed by atoms with Crippen molar-refractivity contribution in [3.05, 3.63) is 52.5 Å². The number of likely N-dealkylation sites (tertiary alicyclic amines) is 2. The van der Waals surface area contributed by atoms with Gasteiger partial charge < -0.3 is 24.6 Å². The first-order valence-electron chi connectivity index (χ1n) is 16.4. The van der Waals surface area contributed by atoms with E-state index in [-0.39, 0.29) is 29.6 Å². The van der Waals surface area contributed by atoms with Gasteiger partial charge in [-0.25, -0.2) is 9.64 Å². The Labute approximate surface area is 276 Å². The van der Waals surface area contributed by atoms with Crippen LogP contribution >= 0.6 is 11.6 Å². The number of rotatable bonds is 6. The van der Waals surface area contributed by atoms with Crippen molar-refractivity contribution >= 4 is 35.1 Å². The van der Waals surface area contributed by atoms with Crippen LogP contribution in [0.4, 0.5) is 16.3 Å². The zero-order chi connectivity index (χ0) is 32.5. The van der Waals surface area contributed by atoms with E-state index in [2.05, 4.69) is 30.2 Å². The van der Waals surface area contributed by atoms with E-state index in [9.17, 15) is 9.59 Å². The fraction of sp³-hybridized carbons (Fsp3) is 0.618. The average Bonchev–Trinajstić information content (AvgIpc) is 3.47. The van der Waals surface area contributed by atoms with Gasteiger partial charge in [-0.2, -0.15) is 0 Å². The Morgan fingerprint density at radius 1 is 1.00 bits per heavy atom. The summed E-state index contributed by atoms with van der Waals surface area (Å²) in [5, 5.41) is 12.2. The summed E-state index contributed by atoms with van der Waals surface area (Å²) in [7, 11) is 0. The van der Waals surface area contributed by atoms with Gasteiger partial charge in [0, 0.05) is 50.2 Å². The summed E-state index contributed by atoms with van der Waals surface area (Å²) < 4.78 is 11.6. The fourth-order valence-electron chi connectivity index (χ4n) is 7.25. The summed E-state index contributed by atoms with van der Waals surface area (Å²) in [4.78, 5) is 35.5. The highest BCUT2D eigenvalue weighted by Gasteiger charge is 2.49. The molecule has 1 N–H and O–H groups in total.